The number of hydrogen-bond acceptors (Lipinski definition) is 8. The first kappa shape index (κ1) is 42.3. The van der Waals surface area contributed by atoms with Gasteiger partial charge in [0.25, 0.3) is 5.91 Å². The number of likely N-dealkylation sites (tertiary alicyclic amines) is 1. The molecule has 2 aliphatic carbocycles. The number of alkyl halides is 2. The van der Waals surface area contributed by atoms with Gasteiger partial charge in [-0.15, -0.1) is 23.2 Å². The molecule has 3 aliphatic rings. The van der Waals surface area contributed by atoms with Crippen LogP contribution in [0, 0.1) is 17.8 Å². The fraction of sp³-hybridized carbons (Fsp3) is 0.684. The average molecular weight is 780 g/mol. The molecule has 7 atom stereocenters. The normalized spacial score (nSPS) is 23.0. The summed E-state index contributed by atoms with van der Waals surface area (Å²) in [7, 11) is 3.15. The van der Waals surface area contributed by atoms with E-state index in [1.165, 1.54) is 4.90 Å². The molecule has 13 nitrogen and oxygen atoms in total. The number of nitrogens with one attached hydrogen (secondary N) is 4. The first-order chi connectivity index (χ1) is 24.9. The Labute approximate surface area is 323 Å². The van der Waals surface area contributed by atoms with Crippen molar-refractivity contribution in [1.29, 1.82) is 0 Å². The topological polar surface area (TPSA) is 166 Å². The van der Waals surface area contributed by atoms with E-state index in [4.69, 9.17) is 27.9 Å². The van der Waals surface area contributed by atoms with Crippen molar-refractivity contribution in [3.8, 4) is 0 Å². The molecular weight excluding hydrogens is 723 g/mol. The Bertz CT molecular complexity index is 1500. The standard InChI is InChI=1S/C38H56Cl2N6O7/c1-8-15-26(32(48)33(49)41-20-27(47)43-29(34(50)45(6)7)23-16-11-9-12-17-23)42-22(2)31-28-25(38(28,39)40)21-46(31)35(51)30(24-18-13-10-14-19-24)44-36(52)53-37(3,4)5/h9,11-12,16-17,22,24-26,28-31,42H,8,10,13-15,18-21H2,1-7H3,(H,41,49)(H,43,47)(H,44,52)/t22?,25-,26?,28-,29-,30-,31+/m0/s1. The van der Waals surface area contributed by atoms with E-state index in [1.54, 1.807) is 70.1 Å². The van der Waals surface area contributed by atoms with Crippen molar-refractivity contribution in [1.82, 2.24) is 31.1 Å². The molecule has 53 heavy (non-hydrogen) atoms. The zero-order chi connectivity index (χ0) is 39.2. The fourth-order valence-corrected chi connectivity index (χ4v) is 8.57. The van der Waals surface area contributed by atoms with Crippen LogP contribution >= 0.6 is 23.2 Å². The number of likely N-dealkylation sites (N-methyl/N-ethyl adjacent to an activating group) is 1. The number of rotatable bonds is 15. The van der Waals surface area contributed by atoms with E-state index < -0.39 is 70.4 Å². The lowest BCUT2D eigenvalue weighted by Gasteiger charge is -2.39. The van der Waals surface area contributed by atoms with Crippen LogP contribution in [0.15, 0.2) is 30.3 Å². The number of benzene rings is 1. The molecule has 1 aliphatic heterocycles. The third kappa shape index (κ3) is 10.6. The molecule has 1 aromatic rings. The molecule has 294 valence electrons. The number of hydrogen-bond donors (Lipinski definition) is 4. The van der Waals surface area contributed by atoms with Crippen LogP contribution in [-0.4, -0.2) is 107 Å². The third-order valence-corrected chi connectivity index (χ3v) is 11.4. The minimum atomic E-state index is -1.06. The maximum absolute atomic E-state index is 14.4. The van der Waals surface area contributed by atoms with Crippen LogP contribution in [0.1, 0.15) is 91.2 Å². The quantitative estimate of drug-likeness (QED) is 0.154. The predicted molar refractivity (Wildman–Crippen MR) is 202 cm³/mol. The van der Waals surface area contributed by atoms with Gasteiger partial charge < -0.3 is 35.8 Å². The fourth-order valence-electron chi connectivity index (χ4n) is 7.73. The Morgan fingerprint density at radius 1 is 1.00 bits per heavy atom. The Kier molecular flexibility index (Phi) is 14.2. The van der Waals surface area contributed by atoms with Gasteiger partial charge in [-0.05, 0) is 58.4 Å². The lowest BCUT2D eigenvalue weighted by Crippen LogP contribution is -2.60. The van der Waals surface area contributed by atoms with Gasteiger partial charge in [0.05, 0.1) is 18.6 Å². The Hall–Kier alpha value is -3.42. The minimum Gasteiger partial charge on any atom is -0.444 e. The smallest absolute Gasteiger partial charge is 0.408 e. The van der Waals surface area contributed by atoms with E-state index in [2.05, 4.69) is 21.3 Å². The van der Waals surface area contributed by atoms with Crippen molar-refractivity contribution in [2.24, 2.45) is 17.8 Å². The lowest BCUT2D eigenvalue weighted by molar-refractivity contribution is -0.140. The van der Waals surface area contributed by atoms with Crippen LogP contribution < -0.4 is 21.3 Å². The van der Waals surface area contributed by atoms with Crippen LogP contribution in [0.3, 0.4) is 0 Å². The molecule has 1 aromatic carbocycles. The molecule has 3 fully saturated rings. The molecule has 4 rings (SSSR count). The lowest BCUT2D eigenvalue weighted by atomic mass is 9.83. The number of halogens is 2. The summed E-state index contributed by atoms with van der Waals surface area (Å²) in [6.07, 6.45) is 4.77. The van der Waals surface area contributed by atoms with Crippen LogP contribution in [0.5, 0.6) is 0 Å². The van der Waals surface area contributed by atoms with Crippen LogP contribution in [-0.2, 0) is 28.7 Å². The molecule has 4 N–H and O–H groups in total. The maximum atomic E-state index is 14.4. The second-order valence-corrected chi connectivity index (χ2v) is 17.2. The molecule has 1 saturated heterocycles. The molecule has 0 spiro atoms. The van der Waals surface area contributed by atoms with E-state index in [9.17, 15) is 28.8 Å². The second-order valence-electron chi connectivity index (χ2n) is 15.8. The summed E-state index contributed by atoms with van der Waals surface area (Å²) in [5.74, 6) is -3.52. The van der Waals surface area contributed by atoms with E-state index in [-0.39, 0.29) is 36.1 Å². The number of carbonyl (C=O) groups is 6. The number of ether oxygens (including phenoxy) is 1. The largest absolute Gasteiger partial charge is 0.444 e. The van der Waals surface area contributed by atoms with Crippen molar-refractivity contribution in [3.05, 3.63) is 35.9 Å². The van der Waals surface area contributed by atoms with Gasteiger partial charge in [0.1, 0.15) is 22.0 Å². The van der Waals surface area contributed by atoms with Gasteiger partial charge in [0.15, 0.2) is 0 Å². The first-order valence-electron chi connectivity index (χ1n) is 18.7. The zero-order valence-corrected chi connectivity index (χ0v) is 33.4. The Balaban J connectivity index is 1.45. The van der Waals surface area contributed by atoms with Crippen molar-refractivity contribution >= 4 is 58.7 Å². The number of ketones is 1. The molecule has 5 amide bonds. The molecular formula is C38H56Cl2N6O7. The Morgan fingerprint density at radius 2 is 1.64 bits per heavy atom. The van der Waals surface area contributed by atoms with Crippen molar-refractivity contribution in [2.45, 2.75) is 120 Å². The molecule has 1 heterocycles. The summed E-state index contributed by atoms with van der Waals surface area (Å²) in [5, 5.41) is 11.2. The highest BCUT2D eigenvalue weighted by Crippen LogP contribution is 2.66. The van der Waals surface area contributed by atoms with Gasteiger partial charge >= 0.3 is 6.09 Å². The summed E-state index contributed by atoms with van der Waals surface area (Å²) in [6, 6.07) is 4.95. The first-order valence-corrected chi connectivity index (χ1v) is 19.4. The number of nitrogens with zero attached hydrogens (tertiary/aromatic N) is 2. The minimum absolute atomic E-state index is 0.0688. The summed E-state index contributed by atoms with van der Waals surface area (Å²) in [4.78, 5) is 83.0. The molecule has 0 aromatic heterocycles. The van der Waals surface area contributed by atoms with E-state index in [0.29, 0.717) is 18.4 Å². The number of amides is 5. The highest BCUT2D eigenvalue weighted by molar-refractivity contribution is 6.51. The van der Waals surface area contributed by atoms with Gasteiger partial charge in [0.2, 0.25) is 23.5 Å². The number of Topliss-reactive ketones (excluding diaryl/α,β-unsaturated/α-hetero) is 1. The van der Waals surface area contributed by atoms with Crippen molar-refractivity contribution < 1.29 is 33.5 Å². The summed E-state index contributed by atoms with van der Waals surface area (Å²) < 4.78 is 4.48. The third-order valence-electron chi connectivity index (χ3n) is 10.4. The highest BCUT2D eigenvalue weighted by atomic mass is 35.5. The van der Waals surface area contributed by atoms with Crippen molar-refractivity contribution in [3.63, 3.8) is 0 Å². The molecule has 2 saturated carbocycles. The number of piperidine rings is 1. The maximum Gasteiger partial charge on any atom is 0.408 e. The molecule has 0 bridgehead atoms. The SMILES string of the molecule is CCCC(NC(C)[C@@H]1[C@@H]2[C@H](CN1C(=O)[C@@H](NC(=O)OC(C)(C)C)C1CCCCC1)C2(Cl)Cl)C(=O)C(=O)NCC(=O)N[C@H](C(=O)N(C)C)c1ccccc1. The van der Waals surface area contributed by atoms with Crippen LogP contribution in [0.4, 0.5) is 4.79 Å². The van der Waals surface area contributed by atoms with Crippen molar-refractivity contribution in [2.75, 3.05) is 27.2 Å². The molecule has 0 radical (unpaired) electrons. The van der Waals surface area contributed by atoms with Crippen LogP contribution in [0.25, 0.3) is 0 Å². The summed E-state index contributed by atoms with van der Waals surface area (Å²) >= 11 is 13.4. The van der Waals surface area contributed by atoms with Gasteiger partial charge in [-0.2, -0.15) is 0 Å². The Morgan fingerprint density at radius 3 is 2.23 bits per heavy atom. The number of carbonyl (C=O) groups excluding carboxylic acids is 6. The molecule has 2 unspecified atom stereocenters. The second kappa shape index (κ2) is 17.8. The van der Waals surface area contributed by atoms with Crippen LogP contribution in [0.2, 0.25) is 0 Å². The highest BCUT2D eigenvalue weighted by Gasteiger charge is 2.73. The van der Waals surface area contributed by atoms with Gasteiger partial charge in [-0.1, -0.05) is 62.9 Å². The number of fused-ring (bicyclic) bond motifs is 1. The van der Waals surface area contributed by atoms with Gasteiger partial charge in [-0.3, -0.25) is 24.0 Å². The van der Waals surface area contributed by atoms with Gasteiger partial charge in [0, 0.05) is 38.5 Å². The van der Waals surface area contributed by atoms with E-state index >= 15 is 0 Å². The molecule has 15 heteroatoms. The predicted octanol–water partition coefficient (Wildman–Crippen LogP) is 3.87. The monoisotopic (exact) mass is 778 g/mol. The van der Waals surface area contributed by atoms with Gasteiger partial charge in [-0.25, -0.2) is 4.79 Å². The average Bonchev–Trinajstić information content (AvgIpc) is 3.41. The van der Waals surface area contributed by atoms with E-state index in [1.807, 2.05) is 13.8 Å². The van der Waals surface area contributed by atoms with E-state index in [0.717, 1.165) is 32.1 Å². The number of alkyl carbamates (subject to hydrolysis) is 1. The summed E-state index contributed by atoms with van der Waals surface area (Å²) in [6.45, 7) is 8.77. The summed E-state index contributed by atoms with van der Waals surface area (Å²) in [5.41, 5.74) is -0.173. The zero-order valence-electron chi connectivity index (χ0n) is 31.9.